The van der Waals surface area contributed by atoms with E-state index >= 15 is 0 Å². The predicted octanol–water partition coefficient (Wildman–Crippen LogP) is 2.43. The maximum atomic E-state index is 11.8. The minimum absolute atomic E-state index is 0.0283. The van der Waals surface area contributed by atoms with Crippen molar-refractivity contribution in [3.05, 3.63) is 29.8 Å². The van der Waals surface area contributed by atoms with Gasteiger partial charge in [-0.2, -0.15) is 0 Å². The lowest BCUT2D eigenvalue weighted by Crippen LogP contribution is -2.34. The average Bonchev–Trinajstić information content (AvgIpc) is 2.45. The van der Waals surface area contributed by atoms with Gasteiger partial charge < -0.3 is 15.0 Å². The molecular weight excluding hydrogens is 252 g/mol. The van der Waals surface area contributed by atoms with Gasteiger partial charge in [0.2, 0.25) is 0 Å². The molecular formula is C16H26N2O2. The molecule has 0 atom stereocenters. The van der Waals surface area contributed by atoms with Crippen LogP contribution in [-0.2, 0) is 11.3 Å². The summed E-state index contributed by atoms with van der Waals surface area (Å²) in [6.07, 6.45) is 0. The molecule has 0 aliphatic heterocycles. The van der Waals surface area contributed by atoms with Crippen LogP contribution >= 0.6 is 0 Å². The minimum atomic E-state index is 0.0283. The molecule has 0 bridgehead atoms. The maximum absolute atomic E-state index is 11.8. The van der Waals surface area contributed by atoms with Crippen LogP contribution in [-0.4, -0.2) is 36.5 Å². The first kappa shape index (κ1) is 16.5. The molecule has 1 N–H and O–H groups in total. The number of nitrogens with one attached hydrogen (secondary N) is 1. The van der Waals surface area contributed by atoms with E-state index in [1.165, 1.54) is 5.56 Å². The molecule has 0 aliphatic rings. The first-order valence-electron chi connectivity index (χ1n) is 7.29. The second-order valence-corrected chi connectivity index (χ2v) is 5.03. The molecule has 20 heavy (non-hydrogen) atoms. The summed E-state index contributed by atoms with van der Waals surface area (Å²) < 4.78 is 5.52. The molecule has 0 radical (unpaired) electrons. The zero-order valence-electron chi connectivity index (χ0n) is 13.0. The molecule has 0 fully saturated rings. The predicted molar refractivity (Wildman–Crippen MR) is 81.8 cm³/mol. The van der Waals surface area contributed by atoms with Gasteiger partial charge in [0, 0.05) is 25.7 Å². The van der Waals surface area contributed by atoms with Crippen LogP contribution < -0.4 is 10.1 Å². The van der Waals surface area contributed by atoms with Gasteiger partial charge in [0.15, 0.2) is 6.61 Å². The summed E-state index contributed by atoms with van der Waals surface area (Å²) in [5, 5.41) is 3.36. The van der Waals surface area contributed by atoms with Gasteiger partial charge in [-0.05, 0) is 31.5 Å². The molecule has 0 aromatic heterocycles. The van der Waals surface area contributed by atoms with E-state index in [2.05, 4.69) is 19.2 Å². The number of amides is 1. The summed E-state index contributed by atoms with van der Waals surface area (Å²) >= 11 is 0. The summed E-state index contributed by atoms with van der Waals surface area (Å²) in [7, 11) is 0. The number of ether oxygens (including phenoxy) is 1. The Labute approximate surface area is 122 Å². The van der Waals surface area contributed by atoms with E-state index in [1.807, 2.05) is 38.1 Å². The lowest BCUT2D eigenvalue weighted by Gasteiger charge is -2.18. The molecule has 0 aliphatic carbocycles. The van der Waals surface area contributed by atoms with Crippen molar-refractivity contribution in [1.29, 1.82) is 0 Å². The third-order valence-corrected chi connectivity index (χ3v) is 3.12. The van der Waals surface area contributed by atoms with Crippen LogP contribution in [0.15, 0.2) is 24.3 Å². The summed E-state index contributed by atoms with van der Waals surface area (Å²) in [5.41, 5.74) is 1.21. The summed E-state index contributed by atoms with van der Waals surface area (Å²) in [5.74, 6) is 0.763. The monoisotopic (exact) mass is 278 g/mol. The number of carbonyl (C=O) groups excluding carboxylic acids is 1. The Balaban J connectivity index is 2.43. The number of hydrogen-bond acceptors (Lipinski definition) is 3. The van der Waals surface area contributed by atoms with E-state index in [0.29, 0.717) is 6.04 Å². The molecule has 4 heteroatoms. The molecule has 1 amide bonds. The fourth-order valence-corrected chi connectivity index (χ4v) is 1.84. The lowest BCUT2D eigenvalue weighted by molar-refractivity contribution is -0.132. The largest absolute Gasteiger partial charge is 0.484 e. The Kier molecular flexibility index (Phi) is 7.09. The third kappa shape index (κ3) is 5.61. The number of hydrogen-bond donors (Lipinski definition) is 1. The van der Waals surface area contributed by atoms with Gasteiger partial charge in [0.05, 0.1) is 0 Å². The number of rotatable bonds is 8. The molecule has 112 valence electrons. The second kappa shape index (κ2) is 8.59. The van der Waals surface area contributed by atoms with Gasteiger partial charge in [0.1, 0.15) is 5.75 Å². The highest BCUT2D eigenvalue weighted by molar-refractivity contribution is 5.77. The van der Waals surface area contributed by atoms with Crippen molar-refractivity contribution in [2.75, 3.05) is 19.7 Å². The molecule has 0 saturated heterocycles. The SMILES string of the molecule is CCN(CC)C(=O)COc1ccc(CNC(C)C)cc1. The van der Waals surface area contributed by atoms with Gasteiger partial charge in [0.25, 0.3) is 5.91 Å². The van der Waals surface area contributed by atoms with Crippen molar-refractivity contribution >= 4 is 5.91 Å². The number of benzene rings is 1. The Bertz CT molecular complexity index is 397. The zero-order valence-corrected chi connectivity index (χ0v) is 13.0. The van der Waals surface area contributed by atoms with Crippen molar-refractivity contribution in [3.63, 3.8) is 0 Å². The van der Waals surface area contributed by atoms with Crippen molar-refractivity contribution in [1.82, 2.24) is 10.2 Å². The Morgan fingerprint density at radius 1 is 1.20 bits per heavy atom. The van der Waals surface area contributed by atoms with Crippen LogP contribution in [0.3, 0.4) is 0 Å². The molecule has 1 aromatic carbocycles. The van der Waals surface area contributed by atoms with Crippen LogP contribution in [0.25, 0.3) is 0 Å². The van der Waals surface area contributed by atoms with Crippen LogP contribution in [0.1, 0.15) is 33.3 Å². The second-order valence-electron chi connectivity index (χ2n) is 5.03. The molecule has 1 aromatic rings. The van der Waals surface area contributed by atoms with E-state index in [4.69, 9.17) is 4.74 Å². The van der Waals surface area contributed by atoms with E-state index in [1.54, 1.807) is 4.90 Å². The minimum Gasteiger partial charge on any atom is -0.484 e. The molecule has 0 unspecified atom stereocenters. The lowest BCUT2D eigenvalue weighted by atomic mass is 10.2. The van der Waals surface area contributed by atoms with Gasteiger partial charge in [-0.25, -0.2) is 0 Å². The Hall–Kier alpha value is -1.55. The van der Waals surface area contributed by atoms with Crippen molar-refractivity contribution in [2.24, 2.45) is 0 Å². The van der Waals surface area contributed by atoms with Crippen molar-refractivity contribution < 1.29 is 9.53 Å². The fraction of sp³-hybridized carbons (Fsp3) is 0.562. The van der Waals surface area contributed by atoms with E-state index in [0.717, 1.165) is 25.4 Å². The molecule has 0 saturated carbocycles. The van der Waals surface area contributed by atoms with Crippen LogP contribution in [0.2, 0.25) is 0 Å². The van der Waals surface area contributed by atoms with Crippen LogP contribution in [0.5, 0.6) is 5.75 Å². The normalized spacial score (nSPS) is 10.7. The van der Waals surface area contributed by atoms with E-state index in [9.17, 15) is 4.79 Å². The number of carbonyl (C=O) groups is 1. The Morgan fingerprint density at radius 2 is 1.80 bits per heavy atom. The maximum Gasteiger partial charge on any atom is 0.260 e. The smallest absolute Gasteiger partial charge is 0.260 e. The van der Waals surface area contributed by atoms with Gasteiger partial charge in [-0.1, -0.05) is 26.0 Å². The molecule has 4 nitrogen and oxygen atoms in total. The molecule has 0 heterocycles. The Morgan fingerprint density at radius 3 is 2.30 bits per heavy atom. The summed E-state index contributed by atoms with van der Waals surface area (Å²) in [4.78, 5) is 13.6. The number of likely N-dealkylation sites (N-methyl/N-ethyl adjacent to an activating group) is 1. The summed E-state index contributed by atoms with van der Waals surface area (Å²) in [6.45, 7) is 10.6. The topological polar surface area (TPSA) is 41.6 Å². The van der Waals surface area contributed by atoms with Crippen LogP contribution in [0.4, 0.5) is 0 Å². The molecule has 1 rings (SSSR count). The standard InChI is InChI=1S/C16H26N2O2/c1-5-18(6-2)16(19)12-20-15-9-7-14(8-10-15)11-17-13(3)4/h7-10,13,17H,5-6,11-12H2,1-4H3. The van der Waals surface area contributed by atoms with Gasteiger partial charge >= 0.3 is 0 Å². The number of nitrogens with zero attached hydrogens (tertiary/aromatic N) is 1. The van der Waals surface area contributed by atoms with Crippen LogP contribution in [0, 0.1) is 0 Å². The highest BCUT2D eigenvalue weighted by Gasteiger charge is 2.09. The molecule has 0 spiro atoms. The van der Waals surface area contributed by atoms with E-state index < -0.39 is 0 Å². The first-order valence-corrected chi connectivity index (χ1v) is 7.29. The van der Waals surface area contributed by atoms with Crippen molar-refractivity contribution in [3.8, 4) is 5.75 Å². The first-order chi connectivity index (χ1) is 9.56. The zero-order chi connectivity index (χ0) is 15.0. The average molecular weight is 278 g/mol. The third-order valence-electron chi connectivity index (χ3n) is 3.12. The van der Waals surface area contributed by atoms with Gasteiger partial charge in [-0.3, -0.25) is 4.79 Å². The fourth-order valence-electron chi connectivity index (χ4n) is 1.84. The van der Waals surface area contributed by atoms with Crippen molar-refractivity contribution in [2.45, 2.75) is 40.3 Å². The summed E-state index contributed by atoms with van der Waals surface area (Å²) in [6, 6.07) is 8.33. The highest BCUT2D eigenvalue weighted by atomic mass is 16.5. The van der Waals surface area contributed by atoms with E-state index in [-0.39, 0.29) is 12.5 Å². The van der Waals surface area contributed by atoms with Gasteiger partial charge in [-0.15, -0.1) is 0 Å². The quantitative estimate of drug-likeness (QED) is 0.794. The highest BCUT2D eigenvalue weighted by Crippen LogP contribution is 2.12.